The van der Waals surface area contributed by atoms with Gasteiger partial charge in [-0.05, 0) is 18.6 Å². The van der Waals surface area contributed by atoms with Gasteiger partial charge in [-0.1, -0.05) is 0 Å². The Morgan fingerprint density at radius 2 is 2.17 bits per heavy atom. The molecule has 18 heavy (non-hydrogen) atoms. The second-order valence-corrected chi connectivity index (χ2v) is 3.92. The number of fused-ring (bicyclic) bond motifs is 1. The maximum atomic E-state index is 12.0. The third-order valence-corrected chi connectivity index (χ3v) is 2.86. The van der Waals surface area contributed by atoms with Gasteiger partial charge in [0, 0.05) is 19.2 Å². The van der Waals surface area contributed by atoms with Crippen molar-refractivity contribution < 1.29 is 24.2 Å². The standard InChI is InChI=1S/C11H14BNO5/c1-3-13-6-7-4-8(18-12(15)16)5-9(17-2)10(7)11(13)14/h4-5,15-16H,3,6H2,1-2H3. The molecule has 0 saturated heterocycles. The van der Waals surface area contributed by atoms with Gasteiger partial charge < -0.3 is 24.3 Å². The fourth-order valence-corrected chi connectivity index (χ4v) is 2.05. The summed E-state index contributed by atoms with van der Waals surface area (Å²) in [6.07, 6.45) is 0. The lowest BCUT2D eigenvalue weighted by molar-refractivity contribution is 0.0784. The number of carbonyl (C=O) groups excluding carboxylic acids is 1. The van der Waals surface area contributed by atoms with E-state index in [1.165, 1.54) is 13.2 Å². The Bertz CT molecular complexity index is 477. The number of ether oxygens (including phenoxy) is 1. The Hall–Kier alpha value is -1.73. The van der Waals surface area contributed by atoms with Crippen molar-refractivity contribution in [3.05, 3.63) is 23.3 Å². The van der Waals surface area contributed by atoms with E-state index in [9.17, 15) is 4.79 Å². The lowest BCUT2D eigenvalue weighted by Crippen LogP contribution is -2.23. The molecule has 1 amide bonds. The molecule has 2 rings (SSSR count). The Balaban J connectivity index is 2.42. The largest absolute Gasteiger partial charge is 0.707 e. The third-order valence-electron chi connectivity index (χ3n) is 2.86. The van der Waals surface area contributed by atoms with E-state index in [2.05, 4.69) is 0 Å². The monoisotopic (exact) mass is 251 g/mol. The van der Waals surface area contributed by atoms with E-state index in [0.29, 0.717) is 24.4 Å². The first-order chi connectivity index (χ1) is 8.56. The lowest BCUT2D eigenvalue weighted by atomic mass is 10.1. The van der Waals surface area contributed by atoms with Gasteiger partial charge in [0.1, 0.15) is 11.5 Å². The van der Waals surface area contributed by atoms with E-state index in [1.807, 2.05) is 6.92 Å². The smallest absolute Gasteiger partial charge is 0.512 e. The van der Waals surface area contributed by atoms with Crippen molar-refractivity contribution in [2.45, 2.75) is 13.5 Å². The minimum Gasteiger partial charge on any atom is -0.512 e. The van der Waals surface area contributed by atoms with Crippen LogP contribution < -0.4 is 9.39 Å². The Labute approximate surface area is 105 Å². The number of amides is 1. The van der Waals surface area contributed by atoms with Crippen LogP contribution in [-0.4, -0.2) is 41.8 Å². The van der Waals surface area contributed by atoms with Gasteiger partial charge in [-0.3, -0.25) is 4.79 Å². The molecule has 0 unspecified atom stereocenters. The zero-order chi connectivity index (χ0) is 13.3. The van der Waals surface area contributed by atoms with Gasteiger partial charge in [-0.25, -0.2) is 0 Å². The SMILES string of the molecule is CCN1Cc2cc(OB(O)O)cc(OC)c2C1=O. The highest BCUT2D eigenvalue weighted by Gasteiger charge is 2.31. The molecule has 1 aromatic rings. The predicted octanol–water partition coefficient (Wildman–Crippen LogP) is 0.0192. The zero-order valence-electron chi connectivity index (χ0n) is 10.2. The van der Waals surface area contributed by atoms with Crippen molar-refractivity contribution in [3.63, 3.8) is 0 Å². The average molecular weight is 251 g/mol. The summed E-state index contributed by atoms with van der Waals surface area (Å²) in [6.45, 7) is 2.97. The van der Waals surface area contributed by atoms with Gasteiger partial charge in [-0.15, -0.1) is 0 Å². The van der Waals surface area contributed by atoms with Crippen LogP contribution in [0.3, 0.4) is 0 Å². The molecule has 1 aliphatic heterocycles. The summed E-state index contributed by atoms with van der Waals surface area (Å²) in [5, 5.41) is 17.6. The van der Waals surface area contributed by atoms with Gasteiger partial charge >= 0.3 is 7.32 Å². The number of hydrogen-bond acceptors (Lipinski definition) is 5. The quantitative estimate of drug-likeness (QED) is 0.737. The molecule has 0 atom stereocenters. The maximum absolute atomic E-state index is 12.0. The molecular weight excluding hydrogens is 237 g/mol. The first-order valence-corrected chi connectivity index (χ1v) is 5.59. The lowest BCUT2D eigenvalue weighted by Gasteiger charge is -2.11. The summed E-state index contributed by atoms with van der Waals surface area (Å²) in [5.41, 5.74) is 1.27. The minimum absolute atomic E-state index is 0.0829. The molecule has 0 saturated carbocycles. The fourth-order valence-electron chi connectivity index (χ4n) is 2.05. The second kappa shape index (κ2) is 4.87. The molecule has 1 aliphatic rings. The van der Waals surface area contributed by atoms with Gasteiger partial charge in [0.05, 0.1) is 12.7 Å². The number of carbonyl (C=O) groups is 1. The van der Waals surface area contributed by atoms with Crippen LogP contribution in [0.5, 0.6) is 11.5 Å². The molecule has 1 heterocycles. The molecular formula is C11H14BNO5. The number of methoxy groups -OCH3 is 1. The summed E-state index contributed by atoms with van der Waals surface area (Å²) in [5.74, 6) is 0.552. The molecule has 7 heteroatoms. The first-order valence-electron chi connectivity index (χ1n) is 5.59. The van der Waals surface area contributed by atoms with Crippen LogP contribution in [0.15, 0.2) is 12.1 Å². The number of rotatable bonds is 4. The topological polar surface area (TPSA) is 79.2 Å². The predicted molar refractivity (Wildman–Crippen MR) is 64.2 cm³/mol. The molecule has 0 radical (unpaired) electrons. The average Bonchev–Trinajstić information content (AvgIpc) is 2.64. The molecule has 0 fully saturated rings. The van der Waals surface area contributed by atoms with Crippen LogP contribution in [0.1, 0.15) is 22.8 Å². The molecule has 1 aromatic carbocycles. The molecule has 6 nitrogen and oxygen atoms in total. The van der Waals surface area contributed by atoms with Crippen LogP contribution in [0.4, 0.5) is 0 Å². The van der Waals surface area contributed by atoms with Crippen LogP contribution in [0.25, 0.3) is 0 Å². The van der Waals surface area contributed by atoms with E-state index in [0.717, 1.165) is 5.56 Å². The summed E-state index contributed by atoms with van der Waals surface area (Å²) in [4.78, 5) is 13.7. The van der Waals surface area contributed by atoms with Crippen molar-refractivity contribution >= 4 is 13.2 Å². The highest BCUT2D eigenvalue weighted by Crippen LogP contribution is 2.35. The minimum atomic E-state index is -1.90. The van der Waals surface area contributed by atoms with Crippen molar-refractivity contribution in [3.8, 4) is 11.5 Å². The highest BCUT2D eigenvalue weighted by atomic mass is 16.6. The van der Waals surface area contributed by atoms with Gasteiger partial charge in [-0.2, -0.15) is 0 Å². The van der Waals surface area contributed by atoms with Gasteiger partial charge in [0.25, 0.3) is 5.91 Å². The zero-order valence-corrected chi connectivity index (χ0v) is 10.2. The number of benzene rings is 1. The molecule has 2 N–H and O–H groups in total. The Morgan fingerprint density at radius 3 is 2.72 bits per heavy atom. The number of nitrogens with zero attached hydrogens (tertiary/aromatic N) is 1. The van der Waals surface area contributed by atoms with E-state index in [1.54, 1.807) is 11.0 Å². The van der Waals surface area contributed by atoms with Crippen LogP contribution in [0, 0.1) is 0 Å². The van der Waals surface area contributed by atoms with Gasteiger partial charge in [0.2, 0.25) is 0 Å². The van der Waals surface area contributed by atoms with E-state index >= 15 is 0 Å². The van der Waals surface area contributed by atoms with E-state index in [4.69, 9.17) is 19.4 Å². The van der Waals surface area contributed by atoms with Crippen molar-refractivity contribution in [2.75, 3.05) is 13.7 Å². The molecule has 0 bridgehead atoms. The Morgan fingerprint density at radius 1 is 1.44 bits per heavy atom. The second-order valence-electron chi connectivity index (χ2n) is 3.92. The highest BCUT2D eigenvalue weighted by molar-refractivity contribution is 6.33. The van der Waals surface area contributed by atoms with Crippen molar-refractivity contribution in [2.24, 2.45) is 0 Å². The molecule has 0 aromatic heterocycles. The van der Waals surface area contributed by atoms with Crippen molar-refractivity contribution in [1.82, 2.24) is 4.90 Å². The van der Waals surface area contributed by atoms with Gasteiger partial charge in [0.15, 0.2) is 0 Å². The molecule has 0 aliphatic carbocycles. The van der Waals surface area contributed by atoms with E-state index < -0.39 is 7.32 Å². The van der Waals surface area contributed by atoms with Crippen LogP contribution >= 0.6 is 0 Å². The summed E-state index contributed by atoms with van der Waals surface area (Å²) < 4.78 is 9.94. The Kier molecular flexibility index (Phi) is 3.44. The third kappa shape index (κ3) is 2.14. The summed E-state index contributed by atoms with van der Waals surface area (Å²) in [6, 6.07) is 3.08. The molecule has 0 spiro atoms. The fraction of sp³-hybridized carbons (Fsp3) is 0.364. The first kappa shape index (κ1) is 12.7. The normalized spacial score (nSPS) is 13.6. The summed E-state index contributed by atoms with van der Waals surface area (Å²) >= 11 is 0. The van der Waals surface area contributed by atoms with Crippen LogP contribution in [0.2, 0.25) is 0 Å². The molecule has 96 valence electrons. The number of hydrogen-bond donors (Lipinski definition) is 2. The van der Waals surface area contributed by atoms with Crippen molar-refractivity contribution in [1.29, 1.82) is 0 Å². The summed E-state index contributed by atoms with van der Waals surface area (Å²) in [7, 11) is -0.441. The maximum Gasteiger partial charge on any atom is 0.707 e. The van der Waals surface area contributed by atoms with E-state index in [-0.39, 0.29) is 11.7 Å². The van der Waals surface area contributed by atoms with Crippen LogP contribution in [-0.2, 0) is 6.54 Å².